The zero-order chi connectivity index (χ0) is 60.0. The Bertz CT molecular complexity index is 2450. The molecule has 2 amide bonds. The quantitative estimate of drug-likeness (QED) is 0.0384. The van der Waals surface area contributed by atoms with Crippen molar-refractivity contribution >= 4 is 35.4 Å². The lowest BCUT2D eigenvalue weighted by molar-refractivity contribution is -0.142. The van der Waals surface area contributed by atoms with Gasteiger partial charge in [-0.2, -0.15) is 13.2 Å². The van der Waals surface area contributed by atoms with Crippen LogP contribution >= 0.6 is 0 Å². The van der Waals surface area contributed by atoms with Gasteiger partial charge in [0.1, 0.15) is 0 Å². The van der Waals surface area contributed by atoms with E-state index in [2.05, 4.69) is 25.5 Å². The van der Waals surface area contributed by atoms with Crippen LogP contribution < -0.4 is 25.0 Å². The van der Waals surface area contributed by atoms with E-state index >= 15 is 0 Å². The van der Waals surface area contributed by atoms with E-state index in [1.54, 1.807) is 27.8 Å². The number of anilines is 1. The third-order valence-corrected chi connectivity index (χ3v) is 15.0. The molecule has 3 aromatic rings. The van der Waals surface area contributed by atoms with E-state index < -0.39 is 41.2 Å². The lowest BCUT2D eigenvalue weighted by Gasteiger charge is -2.43. The Kier molecular flexibility index (Phi) is 29.7. The maximum Gasteiger partial charge on any atom is 0.434 e. The second-order valence-electron chi connectivity index (χ2n) is 21.3. The minimum absolute atomic E-state index is 0.107. The number of hydrogen-bond acceptors (Lipinski definition) is 16. The van der Waals surface area contributed by atoms with Crippen LogP contribution in [0.25, 0.3) is 11.3 Å². The number of rotatable bonds is 34. The largest absolute Gasteiger partial charge is 0.480 e. The Morgan fingerprint density at radius 2 is 1.13 bits per heavy atom. The molecule has 2 aliphatic rings. The molecule has 2 saturated heterocycles. The number of piperazine rings is 1. The standard InChI is InChI=1S/C59H90F3N11O10/c1-4-45-40-72(58(81)47-22-25-52(82-5-2)67-56(47)59(60,61)62)37-38-73(45)50-24-23-48(46-21-20-28-65-57(46)83-6-3)66-49(50)39-63-26-18-16-14-12-10-8-7-9-11-13-15-17-19-27-64-51(74)41-68-29-31-69(42-53(75)76)33-35-71(44-55(79)80)36-34-70(32-30-68)43-54(77)78/h20-25,28,45,63H,4-19,26-27,29-44H2,1-3H3,(H,64,74)(H,75,76)(H,77,78)(H,79,80)/t45-/m1/s1. The van der Waals surface area contributed by atoms with Crippen LogP contribution in [0.1, 0.15) is 132 Å². The second kappa shape index (κ2) is 36.5. The fourth-order valence-corrected chi connectivity index (χ4v) is 10.6. The Balaban J connectivity index is 0.981. The molecule has 0 unspecified atom stereocenters. The van der Waals surface area contributed by atoms with Crippen molar-refractivity contribution in [1.82, 2.24) is 50.1 Å². The number of ether oxygens (including phenoxy) is 2. The highest BCUT2D eigenvalue weighted by Gasteiger charge is 2.40. The Labute approximate surface area is 487 Å². The third kappa shape index (κ3) is 24.1. The van der Waals surface area contributed by atoms with Crippen LogP contribution in [0.4, 0.5) is 18.9 Å². The van der Waals surface area contributed by atoms with Crippen molar-refractivity contribution in [2.24, 2.45) is 0 Å². The van der Waals surface area contributed by atoms with Gasteiger partial charge in [-0.15, -0.1) is 0 Å². The van der Waals surface area contributed by atoms with Crippen molar-refractivity contribution in [3.05, 3.63) is 59.5 Å². The first-order chi connectivity index (χ1) is 40.0. The van der Waals surface area contributed by atoms with Crippen LogP contribution in [-0.4, -0.2) is 215 Å². The fourth-order valence-electron chi connectivity index (χ4n) is 10.6. The number of carboxylic acid groups (broad SMARTS) is 3. The van der Waals surface area contributed by atoms with Gasteiger partial charge in [0, 0.05) is 103 Å². The highest BCUT2D eigenvalue weighted by atomic mass is 19.4. The number of carbonyl (C=O) groups excluding carboxylic acids is 2. The van der Waals surface area contributed by atoms with E-state index in [1.807, 2.05) is 43.0 Å². The minimum Gasteiger partial charge on any atom is -0.480 e. The molecule has 2 fully saturated rings. The zero-order valence-electron chi connectivity index (χ0n) is 49.0. The highest BCUT2D eigenvalue weighted by Crippen LogP contribution is 2.35. The lowest BCUT2D eigenvalue weighted by atomic mass is 10.0. The molecule has 0 aromatic carbocycles. The molecule has 24 heteroatoms. The van der Waals surface area contributed by atoms with Gasteiger partial charge in [-0.05, 0) is 70.0 Å². The average Bonchev–Trinajstić information content (AvgIpc) is 3.60. The van der Waals surface area contributed by atoms with Crippen LogP contribution in [0, 0.1) is 0 Å². The smallest absolute Gasteiger partial charge is 0.434 e. The normalized spacial score (nSPS) is 16.5. The third-order valence-electron chi connectivity index (χ3n) is 15.0. The van der Waals surface area contributed by atoms with Gasteiger partial charge in [-0.3, -0.25) is 43.6 Å². The van der Waals surface area contributed by atoms with E-state index in [4.69, 9.17) is 14.5 Å². The summed E-state index contributed by atoms with van der Waals surface area (Å²) in [6.45, 7) is 11.1. The molecule has 83 heavy (non-hydrogen) atoms. The van der Waals surface area contributed by atoms with Crippen molar-refractivity contribution < 1.29 is 61.9 Å². The van der Waals surface area contributed by atoms with Crippen molar-refractivity contribution in [3.8, 4) is 23.0 Å². The molecular weight excluding hydrogens is 1080 g/mol. The van der Waals surface area contributed by atoms with Gasteiger partial charge in [0.05, 0.1) is 67.6 Å². The molecule has 3 aromatic heterocycles. The highest BCUT2D eigenvalue weighted by molar-refractivity contribution is 5.96. The fraction of sp³-hybridized carbons (Fsp3) is 0.661. The number of carboxylic acids is 3. The summed E-state index contributed by atoms with van der Waals surface area (Å²) in [6.07, 6.45) is 12.1. The molecule has 5 heterocycles. The maximum atomic E-state index is 14.2. The Hall–Kier alpha value is -6.21. The SMILES string of the molecule is CCOc1ccc(C(=O)N2CCN(c3ccc(-c4cccnc4OCC)nc3CNCCCCCCCCCCCCCCCNC(=O)CN3CCN(CC(=O)O)CCN(CC(=O)O)CCN(CC(=O)O)CC3)[C@H](CC)C2)c(C(F)(F)F)n1. The number of unbranched alkanes of at least 4 members (excludes halogenated alkanes) is 12. The summed E-state index contributed by atoms with van der Waals surface area (Å²) < 4.78 is 53.6. The number of aliphatic carboxylic acids is 3. The van der Waals surface area contributed by atoms with Gasteiger partial charge in [0.15, 0.2) is 5.69 Å². The zero-order valence-corrected chi connectivity index (χ0v) is 49.0. The molecule has 0 radical (unpaired) electrons. The van der Waals surface area contributed by atoms with Gasteiger partial charge < -0.3 is 45.2 Å². The molecule has 0 saturated carbocycles. The first-order valence-electron chi connectivity index (χ1n) is 29.9. The molecular formula is C59H90F3N11O10. The average molecular weight is 1170 g/mol. The first-order valence-corrected chi connectivity index (χ1v) is 29.9. The monoisotopic (exact) mass is 1170 g/mol. The topological polar surface area (TPSA) is 247 Å². The van der Waals surface area contributed by atoms with Crippen molar-refractivity contribution in [3.63, 3.8) is 0 Å². The number of alkyl halides is 3. The number of amides is 2. The molecule has 462 valence electrons. The van der Waals surface area contributed by atoms with Crippen LogP contribution in [0.2, 0.25) is 0 Å². The molecule has 5 rings (SSSR count). The summed E-state index contributed by atoms with van der Waals surface area (Å²) in [7, 11) is 0. The molecule has 5 N–H and O–H groups in total. The van der Waals surface area contributed by atoms with E-state index in [1.165, 1.54) is 49.5 Å². The summed E-state index contributed by atoms with van der Waals surface area (Å²) in [5.41, 5.74) is 1.46. The molecule has 1 atom stereocenters. The molecule has 21 nitrogen and oxygen atoms in total. The van der Waals surface area contributed by atoms with Crippen molar-refractivity contribution in [2.45, 2.75) is 129 Å². The van der Waals surface area contributed by atoms with E-state index in [-0.39, 0.29) is 63.7 Å². The summed E-state index contributed by atoms with van der Waals surface area (Å²) in [5, 5.41) is 35.0. The van der Waals surface area contributed by atoms with Gasteiger partial charge in [-0.25, -0.2) is 15.0 Å². The summed E-state index contributed by atoms with van der Waals surface area (Å²) in [4.78, 5) is 85.5. The predicted octanol–water partition coefficient (Wildman–Crippen LogP) is 6.85. The van der Waals surface area contributed by atoms with Gasteiger partial charge >= 0.3 is 24.1 Å². The second-order valence-corrected chi connectivity index (χ2v) is 21.3. The van der Waals surface area contributed by atoms with Crippen molar-refractivity contribution in [2.75, 3.05) is 129 Å². The predicted molar refractivity (Wildman–Crippen MR) is 310 cm³/mol. The number of nitrogens with one attached hydrogen (secondary N) is 2. The Morgan fingerprint density at radius 3 is 1.64 bits per heavy atom. The number of pyridine rings is 3. The van der Waals surface area contributed by atoms with Crippen LogP contribution in [-0.2, 0) is 31.9 Å². The molecule has 0 aliphatic carbocycles. The number of hydrogen-bond donors (Lipinski definition) is 5. The van der Waals surface area contributed by atoms with Crippen LogP contribution in [0.5, 0.6) is 11.8 Å². The minimum atomic E-state index is -4.84. The lowest BCUT2D eigenvalue weighted by Crippen LogP contribution is -2.55. The number of aromatic nitrogens is 3. The summed E-state index contributed by atoms with van der Waals surface area (Å²) in [6, 6.07) is 10.0. The van der Waals surface area contributed by atoms with Crippen molar-refractivity contribution in [1.29, 1.82) is 0 Å². The Morgan fingerprint density at radius 1 is 0.614 bits per heavy atom. The van der Waals surface area contributed by atoms with E-state index in [0.29, 0.717) is 96.6 Å². The van der Waals surface area contributed by atoms with Gasteiger partial charge in [0.2, 0.25) is 17.7 Å². The van der Waals surface area contributed by atoms with Gasteiger partial charge in [-0.1, -0.05) is 77.6 Å². The summed E-state index contributed by atoms with van der Waals surface area (Å²) in [5.74, 6) is -3.54. The summed E-state index contributed by atoms with van der Waals surface area (Å²) >= 11 is 0. The number of nitrogens with zero attached hydrogens (tertiary/aromatic N) is 9. The molecule has 2 aliphatic heterocycles. The molecule has 0 bridgehead atoms. The van der Waals surface area contributed by atoms with Gasteiger partial charge in [0.25, 0.3) is 5.91 Å². The first kappa shape index (κ1) is 67.6. The van der Waals surface area contributed by atoms with E-state index in [9.17, 15) is 52.5 Å². The maximum absolute atomic E-state index is 14.2. The molecule has 0 spiro atoms. The number of halogens is 3. The van der Waals surface area contributed by atoms with Crippen LogP contribution in [0.3, 0.4) is 0 Å². The van der Waals surface area contributed by atoms with Crippen LogP contribution in [0.15, 0.2) is 42.6 Å². The van der Waals surface area contributed by atoms with E-state index in [0.717, 1.165) is 74.5 Å². The number of carbonyl (C=O) groups is 5.